The Kier molecular flexibility index (Phi) is 5.51. The van der Waals surface area contributed by atoms with E-state index < -0.39 is 12.6 Å². The predicted octanol–water partition coefficient (Wildman–Crippen LogP) is 2.13. The summed E-state index contributed by atoms with van der Waals surface area (Å²) < 4.78 is 15.3. The molecule has 23 heavy (non-hydrogen) atoms. The lowest BCUT2D eigenvalue weighted by Gasteiger charge is -2.07. The molecule has 1 N–H and O–H groups in total. The lowest BCUT2D eigenvalue weighted by molar-refractivity contribution is -0.139. The van der Waals surface area contributed by atoms with Gasteiger partial charge in [0.2, 0.25) is 5.88 Å². The topological polar surface area (TPSA) is 90.8 Å². The Balaban J connectivity index is 2.24. The van der Waals surface area contributed by atoms with Crippen molar-refractivity contribution < 1.29 is 24.1 Å². The number of para-hydroxylation sites is 1. The van der Waals surface area contributed by atoms with Crippen LogP contribution in [-0.2, 0) is 4.79 Å². The first-order chi connectivity index (χ1) is 11.1. The molecule has 2 aromatic rings. The van der Waals surface area contributed by atoms with Gasteiger partial charge in [0.25, 0.3) is 0 Å². The fraction of sp³-hybridized carbons (Fsp3) is 0.188. The van der Waals surface area contributed by atoms with E-state index in [4.69, 9.17) is 19.3 Å². The third kappa shape index (κ3) is 4.70. The number of carbonyl (C=O) groups is 1. The first-order valence-corrected chi connectivity index (χ1v) is 6.71. The molecular formula is C16H16N2O5. The average molecular weight is 316 g/mol. The summed E-state index contributed by atoms with van der Waals surface area (Å²) >= 11 is 0. The quantitative estimate of drug-likeness (QED) is 0.836. The van der Waals surface area contributed by atoms with Crippen molar-refractivity contribution in [2.24, 2.45) is 0 Å². The fourth-order valence-electron chi connectivity index (χ4n) is 1.77. The van der Waals surface area contributed by atoms with Crippen LogP contribution < -0.4 is 14.2 Å². The highest BCUT2D eigenvalue weighted by Crippen LogP contribution is 2.21. The molecule has 0 spiro atoms. The third-order valence-corrected chi connectivity index (χ3v) is 2.80. The van der Waals surface area contributed by atoms with Crippen LogP contribution in [0.2, 0.25) is 0 Å². The molecule has 0 aliphatic rings. The standard InChI is InChI=1S/C16H16N2O5/c1-21-14-9-12(17-16(18-14)22-2)8-7-11-5-3-4-6-13(11)23-10-15(19)20/h3-9H,10H2,1-2H3,(H,19,20). The van der Waals surface area contributed by atoms with E-state index >= 15 is 0 Å². The molecule has 0 unspecified atom stereocenters. The number of methoxy groups -OCH3 is 2. The van der Waals surface area contributed by atoms with Crippen molar-refractivity contribution in [3.63, 3.8) is 0 Å². The van der Waals surface area contributed by atoms with Gasteiger partial charge in [-0.25, -0.2) is 4.79 Å². The SMILES string of the molecule is COc1cc(C=Cc2ccccc2OCC(=O)O)nc(OC)n1. The molecule has 0 saturated carbocycles. The summed E-state index contributed by atoms with van der Waals surface area (Å²) in [7, 11) is 2.97. The van der Waals surface area contributed by atoms with Gasteiger partial charge in [-0.05, 0) is 18.2 Å². The van der Waals surface area contributed by atoms with Gasteiger partial charge >= 0.3 is 12.0 Å². The molecule has 7 nitrogen and oxygen atoms in total. The lowest BCUT2D eigenvalue weighted by Crippen LogP contribution is -2.09. The molecule has 0 bridgehead atoms. The van der Waals surface area contributed by atoms with Crippen molar-refractivity contribution in [1.82, 2.24) is 9.97 Å². The molecule has 1 aromatic carbocycles. The van der Waals surface area contributed by atoms with Crippen LogP contribution in [0.1, 0.15) is 11.3 Å². The third-order valence-electron chi connectivity index (χ3n) is 2.80. The fourth-order valence-corrected chi connectivity index (χ4v) is 1.77. The second-order valence-corrected chi connectivity index (χ2v) is 4.38. The van der Waals surface area contributed by atoms with Gasteiger partial charge in [-0.3, -0.25) is 0 Å². The largest absolute Gasteiger partial charge is 0.481 e. The molecule has 7 heteroatoms. The van der Waals surface area contributed by atoms with Crippen molar-refractivity contribution in [3.05, 3.63) is 41.6 Å². The van der Waals surface area contributed by atoms with Gasteiger partial charge in [-0.2, -0.15) is 9.97 Å². The molecule has 120 valence electrons. The maximum absolute atomic E-state index is 10.6. The highest BCUT2D eigenvalue weighted by molar-refractivity contribution is 5.72. The number of carboxylic acids is 1. The molecule has 0 fully saturated rings. The lowest BCUT2D eigenvalue weighted by atomic mass is 10.1. The minimum atomic E-state index is -1.03. The van der Waals surface area contributed by atoms with Crippen LogP contribution in [0.4, 0.5) is 0 Å². The van der Waals surface area contributed by atoms with E-state index in [-0.39, 0.29) is 6.01 Å². The minimum absolute atomic E-state index is 0.194. The summed E-state index contributed by atoms with van der Waals surface area (Å²) in [5.74, 6) is -0.180. The molecular weight excluding hydrogens is 300 g/mol. The first kappa shape index (κ1) is 16.3. The second-order valence-electron chi connectivity index (χ2n) is 4.38. The zero-order valence-electron chi connectivity index (χ0n) is 12.7. The number of nitrogens with zero attached hydrogens (tertiary/aromatic N) is 2. The summed E-state index contributed by atoms with van der Waals surface area (Å²) in [6.07, 6.45) is 3.49. The number of benzene rings is 1. The summed E-state index contributed by atoms with van der Waals surface area (Å²) in [6, 6.07) is 8.95. The van der Waals surface area contributed by atoms with Gasteiger partial charge in [0, 0.05) is 11.6 Å². The van der Waals surface area contributed by atoms with E-state index in [1.807, 2.05) is 12.1 Å². The summed E-state index contributed by atoms with van der Waals surface area (Å²) in [6.45, 7) is -0.403. The molecule has 0 aliphatic heterocycles. The second kappa shape index (κ2) is 7.79. The minimum Gasteiger partial charge on any atom is -0.481 e. The van der Waals surface area contributed by atoms with Gasteiger partial charge < -0.3 is 19.3 Å². The maximum atomic E-state index is 10.6. The molecule has 1 aromatic heterocycles. The Labute approximate surface area is 133 Å². The van der Waals surface area contributed by atoms with Gasteiger partial charge in [0.15, 0.2) is 6.61 Å². The number of carboxylic acid groups (broad SMARTS) is 1. The monoisotopic (exact) mass is 316 g/mol. The van der Waals surface area contributed by atoms with Gasteiger partial charge in [0.1, 0.15) is 5.75 Å². The average Bonchev–Trinajstić information content (AvgIpc) is 2.58. The number of hydrogen-bond acceptors (Lipinski definition) is 6. The maximum Gasteiger partial charge on any atom is 0.341 e. The van der Waals surface area contributed by atoms with Crippen LogP contribution in [0.5, 0.6) is 17.6 Å². The van der Waals surface area contributed by atoms with E-state index in [0.717, 1.165) is 5.56 Å². The van der Waals surface area contributed by atoms with E-state index in [9.17, 15) is 4.79 Å². The number of hydrogen-bond donors (Lipinski definition) is 1. The van der Waals surface area contributed by atoms with Crippen molar-refractivity contribution in [2.45, 2.75) is 0 Å². The molecule has 0 aliphatic carbocycles. The van der Waals surface area contributed by atoms with E-state index in [1.54, 1.807) is 30.4 Å². The molecule has 1 heterocycles. The zero-order valence-corrected chi connectivity index (χ0v) is 12.7. The number of ether oxygens (including phenoxy) is 3. The Morgan fingerprint density at radius 2 is 1.96 bits per heavy atom. The highest BCUT2D eigenvalue weighted by Gasteiger charge is 2.05. The number of aliphatic carboxylic acids is 1. The Bertz CT molecular complexity index is 693. The molecule has 0 saturated heterocycles. The Morgan fingerprint density at radius 3 is 2.65 bits per heavy atom. The van der Waals surface area contributed by atoms with Crippen LogP contribution in [0, 0.1) is 0 Å². The molecule has 0 amide bonds. The normalized spacial score (nSPS) is 10.5. The van der Waals surface area contributed by atoms with E-state index in [1.165, 1.54) is 14.2 Å². The van der Waals surface area contributed by atoms with Crippen molar-refractivity contribution in [3.8, 4) is 17.6 Å². The van der Waals surface area contributed by atoms with Gasteiger partial charge in [0.05, 0.1) is 19.9 Å². The van der Waals surface area contributed by atoms with E-state index in [0.29, 0.717) is 17.3 Å². The van der Waals surface area contributed by atoms with Crippen molar-refractivity contribution in [1.29, 1.82) is 0 Å². The molecule has 0 atom stereocenters. The van der Waals surface area contributed by atoms with Gasteiger partial charge in [-0.1, -0.05) is 18.2 Å². The van der Waals surface area contributed by atoms with Crippen LogP contribution >= 0.6 is 0 Å². The Morgan fingerprint density at radius 1 is 1.17 bits per heavy atom. The summed E-state index contributed by atoms with van der Waals surface area (Å²) in [4.78, 5) is 18.8. The predicted molar refractivity (Wildman–Crippen MR) is 83.6 cm³/mol. The van der Waals surface area contributed by atoms with Crippen LogP contribution in [0.15, 0.2) is 30.3 Å². The number of rotatable bonds is 7. The number of aromatic nitrogens is 2. The zero-order chi connectivity index (χ0) is 16.7. The Hall–Kier alpha value is -3.09. The highest BCUT2D eigenvalue weighted by atomic mass is 16.5. The van der Waals surface area contributed by atoms with E-state index in [2.05, 4.69) is 9.97 Å². The van der Waals surface area contributed by atoms with Crippen LogP contribution in [0.25, 0.3) is 12.2 Å². The smallest absolute Gasteiger partial charge is 0.341 e. The van der Waals surface area contributed by atoms with Gasteiger partial charge in [-0.15, -0.1) is 0 Å². The molecule has 2 rings (SSSR count). The van der Waals surface area contributed by atoms with Crippen LogP contribution in [0.3, 0.4) is 0 Å². The van der Waals surface area contributed by atoms with Crippen molar-refractivity contribution in [2.75, 3.05) is 20.8 Å². The molecule has 0 radical (unpaired) electrons. The first-order valence-electron chi connectivity index (χ1n) is 6.71. The van der Waals surface area contributed by atoms with Crippen LogP contribution in [-0.4, -0.2) is 41.9 Å². The summed E-state index contributed by atoms with van der Waals surface area (Å²) in [5, 5.41) is 8.70. The summed E-state index contributed by atoms with van der Waals surface area (Å²) in [5.41, 5.74) is 1.31. The van der Waals surface area contributed by atoms with Crippen molar-refractivity contribution >= 4 is 18.1 Å².